The highest BCUT2D eigenvalue weighted by molar-refractivity contribution is 6.31. The lowest BCUT2D eigenvalue weighted by Crippen LogP contribution is -2.32. The molecule has 96 valence electrons. The van der Waals surface area contributed by atoms with Gasteiger partial charge in [-0.3, -0.25) is 4.79 Å². The van der Waals surface area contributed by atoms with Crippen molar-refractivity contribution < 1.29 is 4.79 Å². The third-order valence-corrected chi connectivity index (χ3v) is 3.14. The van der Waals surface area contributed by atoms with Gasteiger partial charge in [0.2, 0.25) is 5.91 Å². The number of carbonyl (C=O) groups excluding carboxylic acids is 1. The summed E-state index contributed by atoms with van der Waals surface area (Å²) in [6.07, 6.45) is 1.42. The van der Waals surface area contributed by atoms with Crippen LogP contribution in [0.15, 0.2) is 24.3 Å². The second-order valence-corrected chi connectivity index (χ2v) is 4.66. The van der Waals surface area contributed by atoms with Crippen LogP contribution in [0, 0.1) is 17.2 Å². The molecule has 0 aromatic heterocycles. The van der Waals surface area contributed by atoms with Gasteiger partial charge in [0, 0.05) is 18.6 Å². The van der Waals surface area contributed by atoms with Gasteiger partial charge >= 0.3 is 0 Å². The van der Waals surface area contributed by atoms with E-state index in [0.29, 0.717) is 18.0 Å². The molecule has 1 unspecified atom stereocenters. The first kappa shape index (κ1) is 14.5. The molecule has 1 aromatic carbocycles. The highest BCUT2D eigenvalue weighted by Gasteiger charge is 2.21. The zero-order chi connectivity index (χ0) is 13.5. The smallest absolute Gasteiger partial charge is 0.239 e. The van der Waals surface area contributed by atoms with Crippen LogP contribution >= 0.6 is 11.6 Å². The van der Waals surface area contributed by atoms with Crippen LogP contribution in [0.25, 0.3) is 0 Å². The van der Waals surface area contributed by atoms with Crippen LogP contribution in [0.5, 0.6) is 0 Å². The summed E-state index contributed by atoms with van der Waals surface area (Å²) in [6.45, 7) is 2.39. The molecule has 0 radical (unpaired) electrons. The topological polar surface area (TPSA) is 44.1 Å². The van der Waals surface area contributed by atoms with Crippen LogP contribution in [0.4, 0.5) is 0 Å². The van der Waals surface area contributed by atoms with Crippen LogP contribution in [0.2, 0.25) is 5.02 Å². The van der Waals surface area contributed by atoms with Crippen molar-refractivity contribution in [2.24, 2.45) is 5.92 Å². The molecule has 0 N–H and O–H groups in total. The summed E-state index contributed by atoms with van der Waals surface area (Å²) in [5, 5.41) is 9.61. The molecule has 18 heavy (non-hydrogen) atoms. The van der Waals surface area contributed by atoms with Gasteiger partial charge < -0.3 is 4.90 Å². The first-order valence-corrected chi connectivity index (χ1v) is 6.36. The van der Waals surface area contributed by atoms with Gasteiger partial charge in [-0.15, -0.1) is 0 Å². The number of amides is 1. The normalized spacial score (nSPS) is 11.7. The Morgan fingerprint density at radius 3 is 2.72 bits per heavy atom. The fourth-order valence-electron chi connectivity index (χ4n) is 1.76. The highest BCUT2D eigenvalue weighted by atomic mass is 35.5. The fourth-order valence-corrected chi connectivity index (χ4v) is 1.95. The molecular formula is C14H17ClN2O. The Labute approximate surface area is 113 Å². The zero-order valence-corrected chi connectivity index (χ0v) is 11.4. The summed E-state index contributed by atoms with van der Waals surface area (Å²) in [7, 11) is 1.70. The van der Waals surface area contributed by atoms with Crippen LogP contribution in [-0.2, 0) is 11.3 Å². The van der Waals surface area contributed by atoms with E-state index in [1.807, 2.05) is 25.1 Å². The van der Waals surface area contributed by atoms with E-state index in [9.17, 15) is 4.79 Å². The fraction of sp³-hybridized carbons (Fsp3) is 0.429. The van der Waals surface area contributed by atoms with Crippen molar-refractivity contribution in [3.05, 3.63) is 34.9 Å². The molecule has 0 aliphatic heterocycles. The second kappa shape index (κ2) is 7.03. The van der Waals surface area contributed by atoms with Gasteiger partial charge in [-0.05, 0) is 18.1 Å². The van der Waals surface area contributed by atoms with E-state index in [-0.39, 0.29) is 5.91 Å². The highest BCUT2D eigenvalue weighted by Crippen LogP contribution is 2.18. The number of hydrogen-bond donors (Lipinski definition) is 0. The van der Waals surface area contributed by atoms with Crippen molar-refractivity contribution in [2.45, 2.75) is 26.3 Å². The van der Waals surface area contributed by atoms with E-state index >= 15 is 0 Å². The van der Waals surface area contributed by atoms with Crippen molar-refractivity contribution in [1.82, 2.24) is 4.90 Å². The number of carbonyl (C=O) groups is 1. The summed E-state index contributed by atoms with van der Waals surface area (Å²) in [6, 6.07) is 9.47. The van der Waals surface area contributed by atoms with E-state index in [2.05, 4.69) is 6.07 Å². The minimum absolute atomic E-state index is 0.140. The Balaban J connectivity index is 2.71. The maximum absolute atomic E-state index is 12.0. The molecule has 0 heterocycles. The minimum atomic E-state index is -0.553. The molecule has 0 saturated carbocycles. The zero-order valence-electron chi connectivity index (χ0n) is 10.7. The molecule has 1 atom stereocenters. The monoisotopic (exact) mass is 264 g/mol. The van der Waals surface area contributed by atoms with Gasteiger partial charge in [-0.25, -0.2) is 0 Å². The summed E-state index contributed by atoms with van der Waals surface area (Å²) in [5.41, 5.74) is 0.892. The number of nitriles is 1. The Hall–Kier alpha value is -1.53. The number of nitrogens with zero attached hydrogens (tertiary/aromatic N) is 2. The largest absolute Gasteiger partial charge is 0.340 e. The van der Waals surface area contributed by atoms with Crippen molar-refractivity contribution in [2.75, 3.05) is 7.05 Å². The van der Waals surface area contributed by atoms with E-state index in [0.717, 1.165) is 12.0 Å². The predicted molar refractivity (Wildman–Crippen MR) is 71.9 cm³/mol. The van der Waals surface area contributed by atoms with Crippen molar-refractivity contribution in [3.63, 3.8) is 0 Å². The van der Waals surface area contributed by atoms with E-state index in [1.165, 1.54) is 0 Å². The molecule has 3 nitrogen and oxygen atoms in total. The van der Waals surface area contributed by atoms with Crippen molar-refractivity contribution in [3.8, 4) is 6.07 Å². The molecular weight excluding hydrogens is 248 g/mol. The number of rotatable bonds is 5. The SMILES string of the molecule is CCCC(C#N)C(=O)N(C)Cc1ccccc1Cl. The quantitative estimate of drug-likeness (QED) is 0.819. The first-order valence-electron chi connectivity index (χ1n) is 5.98. The Bertz CT molecular complexity index is 453. The van der Waals surface area contributed by atoms with Crippen LogP contribution in [0.3, 0.4) is 0 Å². The number of hydrogen-bond acceptors (Lipinski definition) is 2. The first-order chi connectivity index (χ1) is 8.60. The molecule has 0 aliphatic carbocycles. The molecule has 1 rings (SSSR count). The third kappa shape index (κ3) is 3.75. The van der Waals surface area contributed by atoms with E-state index < -0.39 is 5.92 Å². The third-order valence-electron chi connectivity index (χ3n) is 2.77. The van der Waals surface area contributed by atoms with E-state index in [1.54, 1.807) is 18.0 Å². The van der Waals surface area contributed by atoms with Crippen molar-refractivity contribution in [1.29, 1.82) is 5.26 Å². The number of benzene rings is 1. The Kier molecular flexibility index (Phi) is 5.67. The molecule has 0 aliphatic rings. The summed E-state index contributed by atoms with van der Waals surface area (Å²) >= 11 is 6.04. The van der Waals surface area contributed by atoms with Gasteiger partial charge in [0.25, 0.3) is 0 Å². The second-order valence-electron chi connectivity index (χ2n) is 4.26. The van der Waals surface area contributed by atoms with Gasteiger partial charge in [-0.2, -0.15) is 5.26 Å². The summed E-state index contributed by atoms with van der Waals surface area (Å²) < 4.78 is 0. The van der Waals surface area contributed by atoms with Crippen molar-refractivity contribution >= 4 is 17.5 Å². The summed E-state index contributed by atoms with van der Waals surface area (Å²) in [4.78, 5) is 13.6. The lowest BCUT2D eigenvalue weighted by Gasteiger charge is -2.20. The molecule has 0 bridgehead atoms. The van der Waals surface area contributed by atoms with Gasteiger partial charge in [0.05, 0.1) is 6.07 Å². The lowest BCUT2D eigenvalue weighted by atomic mass is 10.0. The molecule has 4 heteroatoms. The maximum atomic E-state index is 12.0. The minimum Gasteiger partial charge on any atom is -0.340 e. The molecule has 0 spiro atoms. The van der Waals surface area contributed by atoms with Gasteiger partial charge in [0.1, 0.15) is 5.92 Å². The number of halogens is 1. The Morgan fingerprint density at radius 1 is 1.50 bits per heavy atom. The average Bonchev–Trinajstić information content (AvgIpc) is 2.37. The molecule has 1 aromatic rings. The standard InChI is InChI=1S/C14H17ClN2O/c1-3-6-11(9-16)14(18)17(2)10-12-7-4-5-8-13(12)15/h4-5,7-8,11H,3,6,10H2,1-2H3. The maximum Gasteiger partial charge on any atom is 0.239 e. The van der Waals surface area contributed by atoms with E-state index in [4.69, 9.17) is 16.9 Å². The molecule has 0 saturated heterocycles. The predicted octanol–water partition coefficient (Wildman–Crippen LogP) is 3.24. The lowest BCUT2D eigenvalue weighted by molar-refractivity contribution is -0.133. The summed E-state index contributed by atoms with van der Waals surface area (Å²) in [5.74, 6) is -0.693. The van der Waals surface area contributed by atoms with Gasteiger partial charge in [-0.1, -0.05) is 43.1 Å². The Morgan fingerprint density at radius 2 is 2.17 bits per heavy atom. The average molecular weight is 265 g/mol. The van der Waals surface area contributed by atoms with Crippen LogP contribution < -0.4 is 0 Å². The molecule has 0 fully saturated rings. The van der Waals surface area contributed by atoms with Crippen LogP contribution in [-0.4, -0.2) is 17.9 Å². The molecule has 1 amide bonds. The van der Waals surface area contributed by atoms with Crippen LogP contribution in [0.1, 0.15) is 25.3 Å². The van der Waals surface area contributed by atoms with Gasteiger partial charge in [0.15, 0.2) is 0 Å².